The molecular formula is C20H22N4O2. The summed E-state index contributed by atoms with van der Waals surface area (Å²) < 4.78 is 11.0. The topological polar surface area (TPSA) is 68.3 Å². The molecule has 0 aliphatic heterocycles. The molecule has 6 heteroatoms. The molecule has 2 aromatic carbocycles. The molecule has 0 unspecified atom stereocenters. The second kappa shape index (κ2) is 8.82. The second-order valence-corrected chi connectivity index (χ2v) is 5.64. The lowest BCUT2D eigenvalue weighted by atomic mass is 10.3. The van der Waals surface area contributed by atoms with Crippen LogP contribution in [0.1, 0.15) is 5.82 Å². The highest BCUT2D eigenvalue weighted by Crippen LogP contribution is 2.31. The Morgan fingerprint density at radius 1 is 0.923 bits per heavy atom. The van der Waals surface area contributed by atoms with Crippen molar-refractivity contribution in [3.05, 3.63) is 66.5 Å². The van der Waals surface area contributed by atoms with E-state index in [1.165, 1.54) is 0 Å². The number of hydrogen-bond acceptors (Lipinski definition) is 6. The summed E-state index contributed by atoms with van der Waals surface area (Å²) in [6, 6.07) is 19.3. The van der Waals surface area contributed by atoms with Crippen LogP contribution in [0.15, 0.2) is 60.7 Å². The van der Waals surface area contributed by atoms with Crippen molar-refractivity contribution in [2.24, 2.45) is 0 Å². The number of methoxy groups -OCH3 is 1. The monoisotopic (exact) mass is 350 g/mol. The van der Waals surface area contributed by atoms with Gasteiger partial charge < -0.3 is 20.1 Å². The van der Waals surface area contributed by atoms with Gasteiger partial charge in [-0.25, -0.2) is 9.97 Å². The molecule has 26 heavy (non-hydrogen) atoms. The van der Waals surface area contributed by atoms with Crippen LogP contribution in [0, 0.1) is 6.92 Å². The number of aryl methyl sites for hydroxylation is 1. The molecule has 0 radical (unpaired) electrons. The number of nitrogens with one attached hydrogen (secondary N) is 2. The third-order valence-corrected chi connectivity index (χ3v) is 3.57. The fraction of sp³-hybridized carbons (Fsp3) is 0.200. The van der Waals surface area contributed by atoms with Gasteiger partial charge in [-0.2, -0.15) is 0 Å². The van der Waals surface area contributed by atoms with E-state index in [1.807, 2.05) is 67.6 Å². The van der Waals surface area contributed by atoms with Gasteiger partial charge in [0, 0.05) is 19.7 Å². The maximum atomic E-state index is 5.98. The third-order valence-electron chi connectivity index (χ3n) is 3.57. The molecule has 0 aliphatic carbocycles. The Hall–Kier alpha value is -3.12. The number of aromatic nitrogens is 2. The van der Waals surface area contributed by atoms with E-state index in [4.69, 9.17) is 9.47 Å². The van der Waals surface area contributed by atoms with Crippen LogP contribution in [0.3, 0.4) is 0 Å². The molecule has 2 N–H and O–H groups in total. The zero-order valence-corrected chi connectivity index (χ0v) is 14.9. The van der Waals surface area contributed by atoms with Crippen molar-refractivity contribution in [3.63, 3.8) is 0 Å². The number of rotatable bonds is 8. The van der Waals surface area contributed by atoms with Crippen LogP contribution in [-0.4, -0.2) is 30.2 Å². The molecule has 1 aromatic heterocycles. The van der Waals surface area contributed by atoms with E-state index in [-0.39, 0.29) is 0 Å². The smallest absolute Gasteiger partial charge is 0.150 e. The number of anilines is 3. The molecule has 3 aromatic rings. The number of benzene rings is 2. The average Bonchev–Trinajstić information content (AvgIpc) is 2.64. The minimum absolute atomic E-state index is 0.611. The largest absolute Gasteiger partial charge is 0.455 e. The van der Waals surface area contributed by atoms with Crippen LogP contribution < -0.4 is 15.4 Å². The molecule has 0 fully saturated rings. The average molecular weight is 350 g/mol. The Morgan fingerprint density at radius 2 is 1.65 bits per heavy atom. The Kier molecular flexibility index (Phi) is 6.01. The van der Waals surface area contributed by atoms with Crippen LogP contribution in [-0.2, 0) is 4.74 Å². The number of para-hydroxylation sites is 3. The van der Waals surface area contributed by atoms with Gasteiger partial charge in [-0.05, 0) is 31.2 Å². The van der Waals surface area contributed by atoms with Crippen molar-refractivity contribution >= 4 is 17.3 Å². The highest BCUT2D eigenvalue weighted by Gasteiger charge is 2.07. The second-order valence-electron chi connectivity index (χ2n) is 5.64. The first-order valence-corrected chi connectivity index (χ1v) is 8.42. The van der Waals surface area contributed by atoms with Crippen molar-refractivity contribution in [3.8, 4) is 11.5 Å². The summed E-state index contributed by atoms with van der Waals surface area (Å²) >= 11 is 0. The van der Waals surface area contributed by atoms with E-state index in [0.29, 0.717) is 24.8 Å². The highest BCUT2D eigenvalue weighted by molar-refractivity contribution is 5.66. The van der Waals surface area contributed by atoms with Crippen molar-refractivity contribution in [1.29, 1.82) is 0 Å². The minimum atomic E-state index is 0.611. The Balaban J connectivity index is 1.78. The van der Waals surface area contributed by atoms with Crippen molar-refractivity contribution in [1.82, 2.24) is 9.97 Å². The number of nitrogens with zero attached hydrogens (tertiary/aromatic N) is 2. The SMILES string of the molecule is COCCNc1cc(Nc2ccccc2Oc2ccccc2)nc(C)n1. The lowest BCUT2D eigenvalue weighted by Crippen LogP contribution is -2.10. The van der Waals surface area contributed by atoms with E-state index in [1.54, 1.807) is 7.11 Å². The zero-order valence-electron chi connectivity index (χ0n) is 14.9. The molecule has 0 bridgehead atoms. The predicted molar refractivity (Wildman–Crippen MR) is 103 cm³/mol. The van der Waals surface area contributed by atoms with E-state index in [2.05, 4.69) is 20.6 Å². The summed E-state index contributed by atoms with van der Waals surface area (Å²) in [5, 5.41) is 6.54. The molecule has 0 atom stereocenters. The summed E-state index contributed by atoms with van der Waals surface area (Å²) in [5.41, 5.74) is 0.831. The Morgan fingerprint density at radius 3 is 2.46 bits per heavy atom. The molecule has 1 heterocycles. The van der Waals surface area contributed by atoms with Crippen LogP contribution in [0.25, 0.3) is 0 Å². The Labute approximate surface area is 153 Å². The van der Waals surface area contributed by atoms with Crippen LogP contribution >= 0.6 is 0 Å². The maximum absolute atomic E-state index is 5.98. The van der Waals surface area contributed by atoms with E-state index in [0.717, 1.165) is 23.0 Å². The molecular weight excluding hydrogens is 328 g/mol. The quantitative estimate of drug-likeness (QED) is 0.588. The van der Waals surface area contributed by atoms with Gasteiger partial charge >= 0.3 is 0 Å². The molecule has 0 saturated carbocycles. The van der Waals surface area contributed by atoms with E-state index < -0.39 is 0 Å². The van der Waals surface area contributed by atoms with Gasteiger partial charge in [0.25, 0.3) is 0 Å². The molecule has 0 amide bonds. The van der Waals surface area contributed by atoms with Gasteiger partial charge in [-0.1, -0.05) is 30.3 Å². The fourth-order valence-electron chi connectivity index (χ4n) is 2.42. The predicted octanol–water partition coefficient (Wildman–Crippen LogP) is 4.38. The lowest BCUT2D eigenvalue weighted by molar-refractivity contribution is 0.210. The number of ether oxygens (including phenoxy) is 2. The summed E-state index contributed by atoms with van der Waals surface area (Å²) in [5.74, 6) is 3.63. The first kappa shape index (κ1) is 17.7. The van der Waals surface area contributed by atoms with Gasteiger partial charge in [-0.15, -0.1) is 0 Å². The molecule has 0 spiro atoms. The summed E-state index contributed by atoms with van der Waals surface area (Å²) in [4.78, 5) is 8.84. The number of hydrogen-bond donors (Lipinski definition) is 2. The van der Waals surface area contributed by atoms with E-state index in [9.17, 15) is 0 Å². The van der Waals surface area contributed by atoms with Crippen LogP contribution in [0.4, 0.5) is 17.3 Å². The summed E-state index contributed by atoms with van der Waals surface area (Å²) in [7, 11) is 1.67. The third kappa shape index (κ3) is 4.94. The highest BCUT2D eigenvalue weighted by atomic mass is 16.5. The fourth-order valence-corrected chi connectivity index (χ4v) is 2.42. The minimum Gasteiger partial charge on any atom is -0.455 e. The normalized spacial score (nSPS) is 10.4. The van der Waals surface area contributed by atoms with Gasteiger partial charge in [0.1, 0.15) is 23.2 Å². The van der Waals surface area contributed by atoms with Gasteiger partial charge in [-0.3, -0.25) is 0 Å². The van der Waals surface area contributed by atoms with Crippen LogP contribution in [0.2, 0.25) is 0 Å². The van der Waals surface area contributed by atoms with Crippen molar-refractivity contribution in [2.45, 2.75) is 6.92 Å². The Bertz CT molecular complexity index is 840. The first-order valence-electron chi connectivity index (χ1n) is 8.42. The lowest BCUT2D eigenvalue weighted by Gasteiger charge is -2.14. The summed E-state index contributed by atoms with van der Waals surface area (Å²) in [6.45, 7) is 3.15. The van der Waals surface area contributed by atoms with Crippen molar-refractivity contribution < 1.29 is 9.47 Å². The molecule has 3 rings (SSSR count). The van der Waals surface area contributed by atoms with E-state index >= 15 is 0 Å². The van der Waals surface area contributed by atoms with Gasteiger partial charge in [0.15, 0.2) is 5.75 Å². The summed E-state index contributed by atoms with van der Waals surface area (Å²) in [6.07, 6.45) is 0. The zero-order chi connectivity index (χ0) is 18.2. The molecule has 0 aliphatic rings. The molecule has 6 nitrogen and oxygen atoms in total. The molecule has 134 valence electrons. The standard InChI is InChI=1S/C20H22N4O2/c1-15-22-19(21-12-13-25-2)14-20(23-15)24-17-10-6-7-11-18(17)26-16-8-4-3-5-9-16/h3-11,14H,12-13H2,1-2H3,(H2,21,22,23,24). The first-order chi connectivity index (χ1) is 12.7. The van der Waals surface area contributed by atoms with Crippen LogP contribution in [0.5, 0.6) is 11.5 Å². The van der Waals surface area contributed by atoms with Crippen molar-refractivity contribution in [2.75, 3.05) is 30.9 Å². The molecule has 0 saturated heterocycles. The van der Waals surface area contributed by atoms with Gasteiger partial charge in [0.2, 0.25) is 0 Å². The maximum Gasteiger partial charge on any atom is 0.150 e. The van der Waals surface area contributed by atoms with Gasteiger partial charge in [0.05, 0.1) is 12.3 Å².